The number of carbonyl (C=O) groups excluding carboxylic acids is 1. The molecule has 23 heavy (non-hydrogen) atoms. The molecular formula is C17H31N3O3. The predicted octanol–water partition coefficient (Wildman–Crippen LogP) is 1.17. The zero-order valence-electron chi connectivity index (χ0n) is 14.6. The van der Waals surface area contributed by atoms with Crippen LogP contribution >= 0.6 is 0 Å². The lowest BCUT2D eigenvalue weighted by Crippen LogP contribution is -2.50. The topological polar surface area (TPSA) is 54.0 Å². The van der Waals surface area contributed by atoms with Gasteiger partial charge in [0.2, 0.25) is 0 Å². The fraction of sp³-hybridized carbons (Fsp3) is 0.941. The van der Waals surface area contributed by atoms with E-state index in [0.29, 0.717) is 12.0 Å². The minimum Gasteiger partial charge on any atom is -0.384 e. The van der Waals surface area contributed by atoms with Crippen LogP contribution in [0.1, 0.15) is 26.2 Å². The second kappa shape index (κ2) is 7.36. The number of likely N-dealkylation sites (tertiary alicyclic amines) is 1. The third kappa shape index (κ3) is 3.80. The van der Waals surface area contributed by atoms with Crippen molar-refractivity contribution in [3.63, 3.8) is 0 Å². The number of amides is 2. The average molecular weight is 325 g/mol. The van der Waals surface area contributed by atoms with Crippen LogP contribution < -0.4 is 5.32 Å². The van der Waals surface area contributed by atoms with Crippen LogP contribution in [-0.4, -0.2) is 81.5 Å². The van der Waals surface area contributed by atoms with Gasteiger partial charge < -0.3 is 19.7 Å². The third-order valence-electron chi connectivity index (χ3n) is 5.85. The summed E-state index contributed by atoms with van der Waals surface area (Å²) in [6.07, 6.45) is 3.57. The van der Waals surface area contributed by atoms with Crippen LogP contribution in [0.15, 0.2) is 0 Å². The van der Waals surface area contributed by atoms with Gasteiger partial charge >= 0.3 is 6.03 Å². The van der Waals surface area contributed by atoms with E-state index in [1.165, 1.54) is 6.42 Å². The first-order valence-corrected chi connectivity index (χ1v) is 8.97. The number of ether oxygens (including phenoxy) is 2. The molecule has 2 aliphatic heterocycles. The van der Waals surface area contributed by atoms with E-state index in [9.17, 15) is 4.79 Å². The number of nitrogens with zero attached hydrogens (tertiary/aromatic N) is 2. The van der Waals surface area contributed by atoms with Crippen molar-refractivity contribution in [1.82, 2.24) is 15.1 Å². The second-order valence-electron chi connectivity index (χ2n) is 7.54. The summed E-state index contributed by atoms with van der Waals surface area (Å²) in [7, 11) is 1.75. The molecule has 0 bridgehead atoms. The Morgan fingerprint density at radius 1 is 1.30 bits per heavy atom. The SMILES string of the molecule is COCC1(CNC(=O)N2C[C@@H](N3CCOCC3)[C@@H](C)C2)CCC1. The number of morpholine rings is 1. The Morgan fingerprint density at radius 2 is 2.04 bits per heavy atom. The zero-order valence-corrected chi connectivity index (χ0v) is 14.6. The van der Waals surface area contributed by atoms with Gasteiger partial charge in [-0.2, -0.15) is 0 Å². The molecule has 2 amide bonds. The molecular weight excluding hydrogens is 294 g/mol. The maximum atomic E-state index is 12.5. The highest BCUT2D eigenvalue weighted by atomic mass is 16.5. The molecule has 3 aliphatic rings. The van der Waals surface area contributed by atoms with E-state index in [4.69, 9.17) is 9.47 Å². The number of methoxy groups -OCH3 is 1. The van der Waals surface area contributed by atoms with Crippen molar-refractivity contribution in [1.29, 1.82) is 0 Å². The van der Waals surface area contributed by atoms with Crippen LogP contribution in [0.4, 0.5) is 4.79 Å². The maximum Gasteiger partial charge on any atom is 0.317 e. The zero-order chi connectivity index (χ0) is 16.3. The van der Waals surface area contributed by atoms with Crippen LogP contribution in [0.25, 0.3) is 0 Å². The van der Waals surface area contributed by atoms with Gasteiger partial charge in [-0.3, -0.25) is 4.90 Å². The van der Waals surface area contributed by atoms with E-state index in [1.807, 2.05) is 4.90 Å². The molecule has 0 aromatic heterocycles. The molecule has 6 nitrogen and oxygen atoms in total. The smallest absolute Gasteiger partial charge is 0.317 e. The molecule has 3 rings (SSSR count). The van der Waals surface area contributed by atoms with Gasteiger partial charge in [0.05, 0.1) is 19.8 Å². The van der Waals surface area contributed by atoms with Crippen LogP contribution in [0.2, 0.25) is 0 Å². The monoisotopic (exact) mass is 325 g/mol. The van der Waals surface area contributed by atoms with Gasteiger partial charge in [-0.15, -0.1) is 0 Å². The summed E-state index contributed by atoms with van der Waals surface area (Å²) in [6, 6.07) is 0.566. The largest absolute Gasteiger partial charge is 0.384 e. The number of hydrogen-bond acceptors (Lipinski definition) is 4. The summed E-state index contributed by atoms with van der Waals surface area (Å²) in [5, 5.41) is 3.16. The summed E-state index contributed by atoms with van der Waals surface area (Å²) >= 11 is 0. The fourth-order valence-electron chi connectivity index (χ4n) is 4.23. The van der Waals surface area contributed by atoms with Crippen molar-refractivity contribution < 1.29 is 14.3 Å². The van der Waals surface area contributed by atoms with E-state index in [0.717, 1.165) is 65.4 Å². The van der Waals surface area contributed by atoms with Crippen molar-refractivity contribution in [2.45, 2.75) is 32.2 Å². The van der Waals surface area contributed by atoms with E-state index in [2.05, 4.69) is 17.1 Å². The Bertz CT molecular complexity index is 408. The third-order valence-corrected chi connectivity index (χ3v) is 5.85. The molecule has 1 N–H and O–H groups in total. The summed E-state index contributed by atoms with van der Waals surface area (Å²) in [5.74, 6) is 0.524. The number of nitrogens with one attached hydrogen (secondary N) is 1. The second-order valence-corrected chi connectivity index (χ2v) is 7.54. The molecule has 0 spiro atoms. The normalized spacial score (nSPS) is 31.0. The van der Waals surface area contributed by atoms with Gasteiger partial charge in [0.25, 0.3) is 0 Å². The van der Waals surface area contributed by atoms with E-state index in [1.54, 1.807) is 7.11 Å². The van der Waals surface area contributed by atoms with E-state index in [-0.39, 0.29) is 11.4 Å². The quantitative estimate of drug-likeness (QED) is 0.824. The van der Waals surface area contributed by atoms with Crippen LogP contribution in [0.5, 0.6) is 0 Å². The van der Waals surface area contributed by atoms with Gasteiger partial charge in [0, 0.05) is 51.3 Å². The predicted molar refractivity (Wildman–Crippen MR) is 88.5 cm³/mol. The van der Waals surface area contributed by atoms with Gasteiger partial charge in [-0.1, -0.05) is 13.3 Å². The van der Waals surface area contributed by atoms with Crippen LogP contribution in [0.3, 0.4) is 0 Å². The van der Waals surface area contributed by atoms with Gasteiger partial charge in [0.15, 0.2) is 0 Å². The lowest BCUT2D eigenvalue weighted by atomic mass is 9.69. The Morgan fingerprint density at radius 3 is 2.65 bits per heavy atom. The minimum absolute atomic E-state index is 0.0926. The highest BCUT2D eigenvalue weighted by Crippen LogP contribution is 2.40. The molecule has 1 aliphatic carbocycles. The summed E-state index contributed by atoms with van der Waals surface area (Å²) in [6.45, 7) is 9.04. The molecule has 1 saturated carbocycles. The van der Waals surface area contributed by atoms with Crippen LogP contribution in [-0.2, 0) is 9.47 Å². The summed E-state index contributed by atoms with van der Waals surface area (Å²) < 4.78 is 10.8. The van der Waals surface area contributed by atoms with Crippen molar-refractivity contribution in [3.05, 3.63) is 0 Å². The van der Waals surface area contributed by atoms with Crippen molar-refractivity contribution in [2.75, 3.05) is 59.7 Å². The molecule has 0 aromatic rings. The molecule has 0 radical (unpaired) electrons. The first-order valence-electron chi connectivity index (χ1n) is 8.97. The van der Waals surface area contributed by atoms with Crippen molar-refractivity contribution in [2.24, 2.45) is 11.3 Å². The summed E-state index contributed by atoms with van der Waals surface area (Å²) in [4.78, 5) is 17.0. The first kappa shape index (κ1) is 17.0. The Kier molecular flexibility index (Phi) is 5.44. The Hall–Kier alpha value is -0.850. The fourth-order valence-corrected chi connectivity index (χ4v) is 4.23. The minimum atomic E-state index is 0.0926. The Labute approximate surface area is 139 Å². The van der Waals surface area contributed by atoms with Crippen molar-refractivity contribution in [3.8, 4) is 0 Å². The summed E-state index contributed by atoms with van der Waals surface area (Å²) in [5.41, 5.74) is 0.180. The highest BCUT2D eigenvalue weighted by Gasteiger charge is 2.39. The number of carbonyl (C=O) groups is 1. The molecule has 2 atom stereocenters. The lowest BCUT2D eigenvalue weighted by molar-refractivity contribution is 0.0119. The number of hydrogen-bond donors (Lipinski definition) is 1. The lowest BCUT2D eigenvalue weighted by Gasteiger charge is -2.41. The van der Waals surface area contributed by atoms with Crippen molar-refractivity contribution >= 4 is 6.03 Å². The van der Waals surface area contributed by atoms with Crippen LogP contribution in [0, 0.1) is 11.3 Å². The van der Waals surface area contributed by atoms with Gasteiger partial charge in [-0.05, 0) is 18.8 Å². The molecule has 0 unspecified atom stereocenters. The standard InChI is InChI=1S/C17H31N3O3/c1-14-10-20(11-15(14)19-6-8-23-9-7-19)16(21)18-12-17(13-22-2)4-3-5-17/h14-15H,3-13H2,1-2H3,(H,18,21)/t14-,15+/m0/s1. The highest BCUT2D eigenvalue weighted by molar-refractivity contribution is 5.74. The first-order chi connectivity index (χ1) is 11.1. The number of urea groups is 1. The van der Waals surface area contributed by atoms with Gasteiger partial charge in [0.1, 0.15) is 0 Å². The molecule has 2 saturated heterocycles. The molecule has 3 fully saturated rings. The molecule has 2 heterocycles. The number of rotatable bonds is 5. The molecule has 0 aromatic carbocycles. The average Bonchev–Trinajstić information content (AvgIpc) is 2.92. The maximum absolute atomic E-state index is 12.5. The molecule has 6 heteroatoms. The van der Waals surface area contributed by atoms with Gasteiger partial charge in [-0.25, -0.2) is 4.79 Å². The molecule has 132 valence electrons. The van der Waals surface area contributed by atoms with E-state index < -0.39 is 0 Å². The van der Waals surface area contributed by atoms with E-state index >= 15 is 0 Å². The Balaban J connectivity index is 1.48.